The zero-order chi connectivity index (χ0) is 35.1. The van der Waals surface area contributed by atoms with Gasteiger partial charge in [0.15, 0.2) is 6.04 Å². The van der Waals surface area contributed by atoms with E-state index in [9.17, 15) is 33.9 Å². The van der Waals surface area contributed by atoms with Crippen LogP contribution in [0, 0.1) is 0 Å². The van der Waals surface area contributed by atoms with Crippen LogP contribution in [0.5, 0.6) is 0 Å². The Morgan fingerprint density at radius 1 is 0.681 bits per heavy atom. The number of nitrogens with one attached hydrogen (secondary N) is 4. The molecule has 47 heavy (non-hydrogen) atoms. The van der Waals surface area contributed by atoms with E-state index in [4.69, 9.17) is 9.47 Å². The van der Waals surface area contributed by atoms with Crippen LogP contribution in [0.2, 0.25) is 0 Å². The van der Waals surface area contributed by atoms with E-state index in [1.54, 1.807) is 75.4 Å². The van der Waals surface area contributed by atoms with Crippen LogP contribution in [-0.2, 0) is 51.0 Å². The summed E-state index contributed by atoms with van der Waals surface area (Å²) >= 11 is 0. The van der Waals surface area contributed by atoms with E-state index in [2.05, 4.69) is 26.0 Å². The zero-order valence-electron chi connectivity index (χ0n) is 27.4. The van der Waals surface area contributed by atoms with E-state index in [0.29, 0.717) is 5.56 Å². The molecule has 0 spiro atoms. The summed E-state index contributed by atoms with van der Waals surface area (Å²) in [6, 6.07) is 12.3. The molecule has 14 nitrogen and oxygen atoms in total. The lowest BCUT2D eigenvalue weighted by molar-refractivity contribution is -0.148. The van der Waals surface area contributed by atoms with Gasteiger partial charge in [-0.3, -0.25) is 14.4 Å². The fourth-order valence-corrected chi connectivity index (χ4v) is 4.37. The molecule has 5 atom stereocenters. The average Bonchev–Trinajstić information content (AvgIpc) is 3.01. The maximum Gasteiger partial charge on any atom is 0.408 e. The van der Waals surface area contributed by atoms with Crippen molar-refractivity contribution in [3.63, 3.8) is 0 Å². The van der Waals surface area contributed by atoms with Gasteiger partial charge in [-0.2, -0.15) is 0 Å². The molecule has 256 valence electrons. The van der Waals surface area contributed by atoms with E-state index in [-0.39, 0.29) is 12.8 Å². The molecule has 0 aliphatic rings. The van der Waals surface area contributed by atoms with Gasteiger partial charge in [0.05, 0.1) is 26.7 Å². The molecule has 0 heterocycles. The molecule has 2 rings (SSSR count). The molecule has 2 aromatic rings. The number of carbonyl (C=O) groups excluding carboxylic acids is 6. The highest BCUT2D eigenvalue weighted by atomic mass is 16.6. The Labute approximate surface area is 273 Å². The SMILES string of the molecule is COC(=O)[C@H](Cc1ccccc1)NC(=O)[C@H](Cc1ccccc1)NC(=O)[C@H](CC(=O)N[C@H](C(=O)OC)[C@H](C)O)NC(=O)OC(C)(C)C. The van der Waals surface area contributed by atoms with Crippen molar-refractivity contribution < 1.29 is 48.1 Å². The van der Waals surface area contributed by atoms with Crippen LogP contribution in [0.4, 0.5) is 4.79 Å². The average molecular weight is 657 g/mol. The standard InChI is InChI=1S/C33H44N4O10/c1-20(38)27(31(43)46-6)37-26(39)19-24(36-32(44)47-33(2,3)4)29(41)34-23(17-21-13-9-7-10-14-21)28(40)35-25(30(42)45-5)18-22-15-11-8-12-16-22/h7-16,20,23-25,27,38H,17-19H2,1-6H3,(H,34,41)(H,35,40)(H,36,44)(H,37,39)/t20-,23-,24-,25-,27-/m0/s1. The Hall–Kier alpha value is -4.98. The summed E-state index contributed by atoms with van der Waals surface area (Å²) in [5, 5.41) is 19.8. The number of methoxy groups -OCH3 is 2. The zero-order valence-corrected chi connectivity index (χ0v) is 27.4. The van der Waals surface area contributed by atoms with Crippen molar-refractivity contribution in [2.24, 2.45) is 0 Å². The predicted molar refractivity (Wildman–Crippen MR) is 170 cm³/mol. The monoisotopic (exact) mass is 656 g/mol. The first-order valence-electron chi connectivity index (χ1n) is 14.9. The highest BCUT2D eigenvalue weighted by Gasteiger charge is 2.34. The number of esters is 2. The smallest absolute Gasteiger partial charge is 0.408 e. The molecule has 2 aromatic carbocycles. The minimum absolute atomic E-state index is 0.0184. The van der Waals surface area contributed by atoms with Crippen molar-refractivity contribution in [1.82, 2.24) is 21.3 Å². The molecule has 0 saturated carbocycles. The third kappa shape index (κ3) is 13.5. The Bertz CT molecular complexity index is 1360. The molecular formula is C33H44N4O10. The minimum Gasteiger partial charge on any atom is -0.467 e. The Kier molecular flexibility index (Phi) is 14.8. The van der Waals surface area contributed by atoms with Crippen LogP contribution in [0.1, 0.15) is 45.2 Å². The lowest BCUT2D eigenvalue weighted by Crippen LogP contribution is -2.58. The summed E-state index contributed by atoms with van der Waals surface area (Å²) in [6.07, 6.45) is -2.98. The van der Waals surface area contributed by atoms with Crippen LogP contribution in [0.3, 0.4) is 0 Å². The first-order chi connectivity index (χ1) is 22.1. The van der Waals surface area contributed by atoms with Gasteiger partial charge < -0.3 is 40.6 Å². The van der Waals surface area contributed by atoms with Gasteiger partial charge in [0.25, 0.3) is 0 Å². The van der Waals surface area contributed by atoms with Gasteiger partial charge in [-0.25, -0.2) is 14.4 Å². The number of aliphatic hydroxyl groups excluding tert-OH is 1. The second-order valence-electron chi connectivity index (χ2n) is 11.7. The lowest BCUT2D eigenvalue weighted by Gasteiger charge is -2.26. The maximum atomic E-state index is 13.7. The van der Waals surface area contributed by atoms with Gasteiger partial charge in [0, 0.05) is 12.8 Å². The summed E-state index contributed by atoms with van der Waals surface area (Å²) in [7, 11) is 2.27. The summed E-state index contributed by atoms with van der Waals surface area (Å²) in [5.74, 6) is -4.19. The quantitative estimate of drug-likeness (QED) is 0.136. The summed E-state index contributed by atoms with van der Waals surface area (Å²) in [6.45, 7) is 6.07. The molecule has 0 aromatic heterocycles. The number of rotatable bonds is 15. The molecule has 0 aliphatic heterocycles. The van der Waals surface area contributed by atoms with Crippen LogP contribution < -0.4 is 21.3 Å². The van der Waals surface area contributed by atoms with Crippen molar-refractivity contribution in [2.75, 3.05) is 14.2 Å². The fourth-order valence-electron chi connectivity index (χ4n) is 4.37. The number of benzene rings is 2. The molecule has 0 aliphatic carbocycles. The second-order valence-corrected chi connectivity index (χ2v) is 11.7. The van der Waals surface area contributed by atoms with E-state index in [0.717, 1.165) is 12.7 Å². The molecule has 0 unspecified atom stereocenters. The Morgan fingerprint density at radius 2 is 1.15 bits per heavy atom. The van der Waals surface area contributed by atoms with Crippen molar-refractivity contribution in [1.29, 1.82) is 0 Å². The van der Waals surface area contributed by atoms with E-state index in [1.165, 1.54) is 14.0 Å². The Balaban J connectivity index is 2.37. The maximum absolute atomic E-state index is 13.7. The molecule has 0 bridgehead atoms. The summed E-state index contributed by atoms with van der Waals surface area (Å²) in [5.41, 5.74) is 0.465. The lowest BCUT2D eigenvalue weighted by atomic mass is 10.0. The summed E-state index contributed by atoms with van der Waals surface area (Å²) < 4.78 is 14.8. The van der Waals surface area contributed by atoms with Gasteiger partial charge >= 0.3 is 18.0 Å². The van der Waals surface area contributed by atoms with Gasteiger partial charge in [-0.05, 0) is 38.8 Å². The molecule has 0 fully saturated rings. The van der Waals surface area contributed by atoms with Crippen LogP contribution in [-0.4, -0.2) is 91.0 Å². The number of aliphatic hydroxyl groups is 1. The van der Waals surface area contributed by atoms with Crippen LogP contribution in [0.25, 0.3) is 0 Å². The van der Waals surface area contributed by atoms with Crippen LogP contribution in [0.15, 0.2) is 60.7 Å². The number of alkyl carbamates (subject to hydrolysis) is 1. The number of amides is 4. The topological polar surface area (TPSA) is 198 Å². The van der Waals surface area contributed by atoms with Crippen LogP contribution >= 0.6 is 0 Å². The molecule has 5 N–H and O–H groups in total. The van der Waals surface area contributed by atoms with Crippen molar-refractivity contribution in [3.8, 4) is 0 Å². The van der Waals surface area contributed by atoms with E-state index in [1.807, 2.05) is 6.07 Å². The first kappa shape index (κ1) is 38.2. The van der Waals surface area contributed by atoms with E-state index >= 15 is 0 Å². The van der Waals surface area contributed by atoms with Crippen molar-refractivity contribution in [3.05, 3.63) is 71.8 Å². The molecule has 0 saturated heterocycles. The van der Waals surface area contributed by atoms with Gasteiger partial charge in [0.2, 0.25) is 17.7 Å². The largest absolute Gasteiger partial charge is 0.467 e. The molecule has 4 amide bonds. The number of ether oxygens (including phenoxy) is 3. The third-order valence-electron chi connectivity index (χ3n) is 6.65. The van der Waals surface area contributed by atoms with E-state index < -0.39 is 78.0 Å². The number of carbonyl (C=O) groups is 6. The highest BCUT2D eigenvalue weighted by Crippen LogP contribution is 2.10. The normalized spacial score (nSPS) is 14.2. The predicted octanol–water partition coefficient (Wildman–Crippen LogP) is 0.936. The van der Waals surface area contributed by atoms with Gasteiger partial charge in [0.1, 0.15) is 23.7 Å². The first-order valence-corrected chi connectivity index (χ1v) is 14.9. The highest BCUT2D eigenvalue weighted by molar-refractivity contribution is 5.96. The van der Waals surface area contributed by atoms with Gasteiger partial charge in [-0.1, -0.05) is 60.7 Å². The minimum atomic E-state index is -1.59. The Morgan fingerprint density at radius 3 is 1.62 bits per heavy atom. The fraction of sp³-hybridized carbons (Fsp3) is 0.455. The van der Waals surface area contributed by atoms with Crippen molar-refractivity contribution in [2.45, 2.75) is 82.8 Å². The number of hydrogen-bond donors (Lipinski definition) is 5. The number of hydrogen-bond acceptors (Lipinski definition) is 10. The molecule has 0 radical (unpaired) electrons. The third-order valence-corrected chi connectivity index (χ3v) is 6.65. The second kappa shape index (κ2) is 18.2. The molecular weight excluding hydrogens is 612 g/mol. The summed E-state index contributed by atoms with van der Waals surface area (Å²) in [4.78, 5) is 77.7. The van der Waals surface area contributed by atoms with Crippen molar-refractivity contribution >= 4 is 35.8 Å². The van der Waals surface area contributed by atoms with Gasteiger partial charge in [-0.15, -0.1) is 0 Å². The molecule has 14 heteroatoms.